The number of benzene rings is 3. The minimum absolute atomic E-state index is 0.0463. The molecule has 0 bridgehead atoms. The fraction of sp³-hybridized carbons (Fsp3) is 0.310. The van der Waals surface area contributed by atoms with Crippen molar-refractivity contribution < 1.29 is 9.59 Å². The fourth-order valence-electron chi connectivity index (χ4n) is 4.33. The van der Waals surface area contributed by atoms with Crippen LogP contribution in [0.3, 0.4) is 0 Å². The molecule has 6 nitrogen and oxygen atoms in total. The van der Waals surface area contributed by atoms with E-state index < -0.39 is 0 Å². The average Bonchev–Trinajstić information content (AvgIpc) is 2.89. The van der Waals surface area contributed by atoms with Gasteiger partial charge in [-0.25, -0.2) is 0 Å². The van der Waals surface area contributed by atoms with E-state index in [2.05, 4.69) is 56.8 Å². The Kier molecular flexibility index (Phi) is 8.16. The largest absolute Gasteiger partial charge is 0.369 e. The van der Waals surface area contributed by atoms with Crippen LogP contribution in [0.2, 0.25) is 0 Å². The Morgan fingerprint density at radius 2 is 1.46 bits per heavy atom. The summed E-state index contributed by atoms with van der Waals surface area (Å²) in [6, 6.07) is 24.3. The molecule has 0 spiro atoms. The monoisotopic (exact) mass is 470 g/mol. The van der Waals surface area contributed by atoms with E-state index in [0.717, 1.165) is 49.4 Å². The molecule has 2 N–H and O–H groups in total. The highest BCUT2D eigenvalue weighted by molar-refractivity contribution is 5.96. The SMILES string of the molecule is Cc1ccc(C(=O)NCC(=O)NCc2ccccc2CN2CCN(c3ccccc3)CC2)cc1C. The number of piperazine rings is 1. The summed E-state index contributed by atoms with van der Waals surface area (Å²) in [5, 5.41) is 5.67. The van der Waals surface area contributed by atoms with Gasteiger partial charge in [0.2, 0.25) is 5.91 Å². The molecule has 1 saturated heterocycles. The maximum Gasteiger partial charge on any atom is 0.251 e. The second kappa shape index (κ2) is 11.7. The van der Waals surface area contributed by atoms with Crippen molar-refractivity contribution in [3.63, 3.8) is 0 Å². The second-order valence-electron chi connectivity index (χ2n) is 9.13. The second-order valence-corrected chi connectivity index (χ2v) is 9.13. The molecule has 35 heavy (non-hydrogen) atoms. The lowest BCUT2D eigenvalue weighted by Gasteiger charge is -2.36. The summed E-state index contributed by atoms with van der Waals surface area (Å²) in [7, 11) is 0. The first-order chi connectivity index (χ1) is 17.0. The van der Waals surface area contributed by atoms with E-state index in [1.54, 1.807) is 6.07 Å². The summed E-state index contributed by atoms with van der Waals surface area (Å²) in [5.41, 5.74) is 6.36. The quantitative estimate of drug-likeness (QED) is 0.527. The topological polar surface area (TPSA) is 64.7 Å². The smallest absolute Gasteiger partial charge is 0.251 e. The summed E-state index contributed by atoms with van der Waals surface area (Å²) >= 11 is 0. The molecular formula is C29H34N4O2. The molecule has 0 aliphatic carbocycles. The van der Waals surface area contributed by atoms with Crippen LogP contribution in [-0.4, -0.2) is 49.4 Å². The molecule has 6 heteroatoms. The molecule has 0 unspecified atom stereocenters. The number of amides is 2. The van der Waals surface area contributed by atoms with Crippen LogP contribution in [0.15, 0.2) is 72.8 Å². The number of nitrogens with one attached hydrogen (secondary N) is 2. The third kappa shape index (κ3) is 6.70. The van der Waals surface area contributed by atoms with Gasteiger partial charge in [0.15, 0.2) is 0 Å². The van der Waals surface area contributed by atoms with E-state index in [4.69, 9.17) is 0 Å². The van der Waals surface area contributed by atoms with Gasteiger partial charge < -0.3 is 15.5 Å². The van der Waals surface area contributed by atoms with Gasteiger partial charge in [-0.2, -0.15) is 0 Å². The number of rotatable bonds is 8. The van der Waals surface area contributed by atoms with Crippen LogP contribution in [0.25, 0.3) is 0 Å². The molecule has 0 saturated carbocycles. The zero-order valence-corrected chi connectivity index (χ0v) is 20.6. The first-order valence-corrected chi connectivity index (χ1v) is 12.2. The number of hydrogen-bond donors (Lipinski definition) is 2. The zero-order valence-electron chi connectivity index (χ0n) is 20.6. The molecule has 2 amide bonds. The Hall–Kier alpha value is -3.64. The number of carbonyl (C=O) groups excluding carboxylic acids is 2. The van der Waals surface area contributed by atoms with E-state index in [0.29, 0.717) is 12.1 Å². The molecule has 4 rings (SSSR count). The summed E-state index contributed by atoms with van der Waals surface area (Å²) in [6.07, 6.45) is 0. The van der Waals surface area contributed by atoms with Crippen molar-refractivity contribution >= 4 is 17.5 Å². The van der Waals surface area contributed by atoms with Crippen molar-refractivity contribution in [3.05, 3.63) is 101 Å². The molecule has 1 heterocycles. The van der Waals surface area contributed by atoms with E-state index in [-0.39, 0.29) is 18.4 Å². The van der Waals surface area contributed by atoms with E-state index >= 15 is 0 Å². The predicted molar refractivity (Wildman–Crippen MR) is 140 cm³/mol. The number of nitrogens with zero attached hydrogens (tertiary/aromatic N) is 2. The Morgan fingerprint density at radius 3 is 2.17 bits per heavy atom. The van der Waals surface area contributed by atoms with Crippen molar-refractivity contribution in [2.45, 2.75) is 26.9 Å². The van der Waals surface area contributed by atoms with Gasteiger partial charge in [-0.15, -0.1) is 0 Å². The number of anilines is 1. The van der Waals surface area contributed by atoms with Crippen LogP contribution in [0.1, 0.15) is 32.6 Å². The number of aryl methyl sites for hydroxylation is 2. The molecule has 3 aromatic carbocycles. The van der Waals surface area contributed by atoms with Crippen molar-refractivity contribution in [2.24, 2.45) is 0 Å². The van der Waals surface area contributed by atoms with Gasteiger partial charge in [0.25, 0.3) is 5.91 Å². The maximum absolute atomic E-state index is 12.4. The van der Waals surface area contributed by atoms with Crippen molar-refractivity contribution in [2.75, 3.05) is 37.6 Å². The maximum atomic E-state index is 12.4. The van der Waals surface area contributed by atoms with Gasteiger partial charge in [0, 0.05) is 50.5 Å². The molecular weight excluding hydrogens is 436 g/mol. The van der Waals surface area contributed by atoms with Crippen LogP contribution in [0.5, 0.6) is 0 Å². The van der Waals surface area contributed by atoms with Crippen LogP contribution in [0.4, 0.5) is 5.69 Å². The van der Waals surface area contributed by atoms with Crippen LogP contribution in [0, 0.1) is 13.8 Å². The molecule has 3 aromatic rings. The van der Waals surface area contributed by atoms with Crippen LogP contribution >= 0.6 is 0 Å². The summed E-state index contributed by atoms with van der Waals surface area (Å²) < 4.78 is 0. The van der Waals surface area contributed by atoms with Gasteiger partial charge in [-0.05, 0) is 60.4 Å². The Labute approximate surface area is 207 Å². The summed E-state index contributed by atoms with van der Waals surface area (Å²) in [4.78, 5) is 29.7. The minimum Gasteiger partial charge on any atom is -0.369 e. The van der Waals surface area contributed by atoms with Crippen molar-refractivity contribution in [1.29, 1.82) is 0 Å². The first-order valence-electron chi connectivity index (χ1n) is 12.2. The van der Waals surface area contributed by atoms with Gasteiger partial charge in [0.05, 0.1) is 6.54 Å². The number of para-hydroxylation sites is 1. The highest BCUT2D eigenvalue weighted by Crippen LogP contribution is 2.18. The zero-order chi connectivity index (χ0) is 24.6. The van der Waals surface area contributed by atoms with Gasteiger partial charge >= 0.3 is 0 Å². The lowest BCUT2D eigenvalue weighted by atomic mass is 10.1. The molecule has 0 aromatic heterocycles. The van der Waals surface area contributed by atoms with E-state index in [9.17, 15) is 9.59 Å². The molecule has 182 valence electrons. The molecule has 1 aliphatic heterocycles. The van der Waals surface area contributed by atoms with E-state index in [1.807, 2.05) is 44.2 Å². The van der Waals surface area contributed by atoms with Crippen LogP contribution in [-0.2, 0) is 17.9 Å². The lowest BCUT2D eigenvalue weighted by Crippen LogP contribution is -2.46. The average molecular weight is 471 g/mol. The fourth-order valence-corrected chi connectivity index (χ4v) is 4.33. The Morgan fingerprint density at radius 1 is 0.771 bits per heavy atom. The van der Waals surface area contributed by atoms with E-state index in [1.165, 1.54) is 11.3 Å². The molecule has 1 fully saturated rings. The first kappa shape index (κ1) is 24.5. The third-order valence-corrected chi connectivity index (χ3v) is 6.66. The van der Waals surface area contributed by atoms with Gasteiger partial charge in [0.1, 0.15) is 0 Å². The van der Waals surface area contributed by atoms with Crippen molar-refractivity contribution in [1.82, 2.24) is 15.5 Å². The highest BCUT2D eigenvalue weighted by Gasteiger charge is 2.18. The summed E-state index contributed by atoms with van der Waals surface area (Å²) in [5.74, 6) is -0.438. The normalized spacial score (nSPS) is 13.9. The van der Waals surface area contributed by atoms with Crippen molar-refractivity contribution in [3.8, 4) is 0 Å². The molecule has 1 aliphatic rings. The van der Waals surface area contributed by atoms with Gasteiger partial charge in [-0.3, -0.25) is 14.5 Å². The number of carbonyl (C=O) groups is 2. The van der Waals surface area contributed by atoms with Gasteiger partial charge in [-0.1, -0.05) is 48.5 Å². The minimum atomic E-state index is -0.238. The summed E-state index contributed by atoms with van der Waals surface area (Å²) in [6.45, 7) is 9.24. The number of hydrogen-bond acceptors (Lipinski definition) is 4. The molecule has 0 atom stereocenters. The lowest BCUT2D eigenvalue weighted by molar-refractivity contribution is -0.120. The third-order valence-electron chi connectivity index (χ3n) is 6.66. The standard InChI is InChI=1S/C29H34N4O2/c1-22-12-13-24(18-23(22)2)29(35)31-20-28(34)30-19-25-8-6-7-9-26(25)21-32-14-16-33(17-15-32)27-10-4-3-5-11-27/h3-13,18H,14-17,19-21H2,1-2H3,(H,30,34)(H,31,35). The Balaban J connectivity index is 1.25. The predicted octanol–water partition coefficient (Wildman–Crippen LogP) is 3.67. The highest BCUT2D eigenvalue weighted by atomic mass is 16.2. The molecule has 0 radical (unpaired) electrons. The van der Waals surface area contributed by atoms with Crippen LogP contribution < -0.4 is 15.5 Å². The Bertz CT molecular complexity index is 1150.